The first-order valence-electron chi connectivity index (χ1n) is 10.1. The van der Waals surface area contributed by atoms with Gasteiger partial charge in [0.2, 0.25) is 5.91 Å². The van der Waals surface area contributed by atoms with E-state index in [4.69, 9.17) is 4.74 Å². The molecule has 0 aliphatic carbocycles. The molecule has 3 aromatic rings. The Morgan fingerprint density at radius 1 is 0.968 bits per heavy atom. The van der Waals surface area contributed by atoms with E-state index in [1.807, 2.05) is 42.5 Å². The van der Waals surface area contributed by atoms with E-state index in [-0.39, 0.29) is 18.3 Å². The molecule has 31 heavy (non-hydrogen) atoms. The fraction of sp³-hybridized carbons (Fsp3) is 0.250. The Balaban J connectivity index is 1.45. The van der Waals surface area contributed by atoms with Crippen molar-refractivity contribution >= 4 is 17.7 Å². The lowest BCUT2D eigenvalue weighted by Gasteiger charge is -2.06. The van der Waals surface area contributed by atoms with Crippen LogP contribution in [0, 0.1) is 0 Å². The van der Waals surface area contributed by atoms with E-state index in [2.05, 4.69) is 10.4 Å². The molecule has 0 spiro atoms. The summed E-state index contributed by atoms with van der Waals surface area (Å²) in [5, 5.41) is 6.93. The van der Waals surface area contributed by atoms with Crippen LogP contribution >= 0.6 is 0 Å². The predicted molar refractivity (Wildman–Crippen MR) is 116 cm³/mol. The number of carbonyl (C=O) groups excluding carboxylic acids is 3. The Bertz CT molecular complexity index is 1030. The summed E-state index contributed by atoms with van der Waals surface area (Å²) in [5.74, 6) is -0.892. The monoisotopic (exact) mass is 419 g/mol. The number of esters is 1. The lowest BCUT2D eigenvalue weighted by atomic mass is 10.1. The van der Waals surface area contributed by atoms with Crippen molar-refractivity contribution in [3.05, 3.63) is 89.2 Å². The number of benzene rings is 2. The molecule has 7 heteroatoms. The zero-order valence-corrected chi connectivity index (χ0v) is 17.4. The Morgan fingerprint density at radius 2 is 1.71 bits per heavy atom. The third-order valence-electron chi connectivity index (χ3n) is 4.68. The van der Waals surface area contributed by atoms with Crippen LogP contribution in [0.15, 0.2) is 67.0 Å². The lowest BCUT2D eigenvalue weighted by Crippen LogP contribution is -2.21. The number of ketones is 1. The molecular weight excluding hydrogens is 394 g/mol. The minimum absolute atomic E-state index is 0.0426. The molecule has 7 nitrogen and oxygen atoms in total. The molecule has 0 saturated carbocycles. The van der Waals surface area contributed by atoms with Gasteiger partial charge < -0.3 is 10.1 Å². The normalized spacial score (nSPS) is 10.5. The number of nitrogens with zero attached hydrogens (tertiary/aromatic N) is 2. The van der Waals surface area contributed by atoms with Crippen LogP contribution in [0.1, 0.15) is 45.2 Å². The van der Waals surface area contributed by atoms with Gasteiger partial charge in [0.15, 0.2) is 12.4 Å². The molecule has 0 saturated heterocycles. The average molecular weight is 419 g/mol. The molecule has 0 unspecified atom stereocenters. The van der Waals surface area contributed by atoms with Crippen LogP contribution in [0.3, 0.4) is 0 Å². The molecule has 1 amide bonds. The average Bonchev–Trinajstić information content (AvgIpc) is 3.24. The van der Waals surface area contributed by atoms with E-state index in [0.29, 0.717) is 24.2 Å². The van der Waals surface area contributed by atoms with Gasteiger partial charge in [-0.15, -0.1) is 0 Å². The van der Waals surface area contributed by atoms with E-state index in [9.17, 15) is 14.4 Å². The third-order valence-corrected chi connectivity index (χ3v) is 4.68. The maximum Gasteiger partial charge on any atom is 0.341 e. The smallest absolute Gasteiger partial charge is 0.341 e. The standard InChI is InChI=1S/C24H25N3O4/c1-18(28)25-13-5-8-19-9-11-21(12-10-19)23(29)17-31-24(30)22-14-26-27(16-22)15-20-6-3-2-4-7-20/h2-4,6-7,9-12,14,16H,5,8,13,15,17H2,1H3,(H,25,28). The highest BCUT2D eigenvalue weighted by Crippen LogP contribution is 2.09. The molecule has 0 radical (unpaired) electrons. The van der Waals surface area contributed by atoms with Crippen molar-refractivity contribution in [1.82, 2.24) is 15.1 Å². The van der Waals surface area contributed by atoms with Crippen LogP contribution in [0.4, 0.5) is 0 Å². The summed E-state index contributed by atoms with van der Waals surface area (Å²) < 4.78 is 6.81. The lowest BCUT2D eigenvalue weighted by molar-refractivity contribution is -0.118. The quantitative estimate of drug-likeness (QED) is 0.310. The largest absolute Gasteiger partial charge is 0.454 e. The van der Waals surface area contributed by atoms with Crippen LogP contribution in [0.2, 0.25) is 0 Å². The first-order chi connectivity index (χ1) is 15.0. The van der Waals surface area contributed by atoms with Gasteiger partial charge in [-0.05, 0) is 24.0 Å². The minimum atomic E-state index is -0.581. The number of carbonyl (C=O) groups is 3. The summed E-state index contributed by atoms with van der Waals surface area (Å²) in [6.45, 7) is 2.33. The summed E-state index contributed by atoms with van der Waals surface area (Å²) >= 11 is 0. The number of Topliss-reactive ketones (excluding diaryl/α,β-unsaturated/α-hetero) is 1. The topological polar surface area (TPSA) is 90.3 Å². The van der Waals surface area contributed by atoms with E-state index < -0.39 is 5.97 Å². The summed E-state index contributed by atoms with van der Waals surface area (Å²) in [7, 11) is 0. The van der Waals surface area contributed by atoms with Crippen molar-refractivity contribution in [3.63, 3.8) is 0 Å². The number of hydrogen-bond donors (Lipinski definition) is 1. The van der Waals surface area contributed by atoms with Crippen molar-refractivity contribution in [2.75, 3.05) is 13.2 Å². The fourth-order valence-electron chi connectivity index (χ4n) is 3.04. The van der Waals surface area contributed by atoms with Gasteiger partial charge in [-0.1, -0.05) is 54.6 Å². The fourth-order valence-corrected chi connectivity index (χ4v) is 3.04. The van der Waals surface area contributed by atoms with E-state index in [1.165, 1.54) is 13.1 Å². The van der Waals surface area contributed by atoms with Gasteiger partial charge in [-0.25, -0.2) is 4.79 Å². The molecule has 2 aromatic carbocycles. The highest BCUT2D eigenvalue weighted by Gasteiger charge is 2.14. The molecular formula is C24H25N3O4. The number of hydrogen-bond acceptors (Lipinski definition) is 5. The van der Waals surface area contributed by atoms with Crippen LogP contribution in [0.5, 0.6) is 0 Å². The van der Waals surface area contributed by atoms with Crippen molar-refractivity contribution < 1.29 is 19.1 Å². The maximum absolute atomic E-state index is 12.3. The van der Waals surface area contributed by atoms with Crippen LogP contribution in [-0.4, -0.2) is 40.6 Å². The molecule has 160 valence electrons. The van der Waals surface area contributed by atoms with Gasteiger partial charge in [0.05, 0.1) is 18.3 Å². The van der Waals surface area contributed by atoms with Crippen LogP contribution in [-0.2, 0) is 22.5 Å². The Kier molecular flexibility index (Phi) is 7.70. The number of nitrogens with one attached hydrogen (secondary N) is 1. The predicted octanol–water partition coefficient (Wildman–Crippen LogP) is 3.04. The molecule has 0 aliphatic rings. The van der Waals surface area contributed by atoms with E-state index in [1.54, 1.807) is 23.0 Å². The van der Waals surface area contributed by atoms with Crippen LogP contribution in [0.25, 0.3) is 0 Å². The molecule has 0 bridgehead atoms. The van der Waals surface area contributed by atoms with Crippen molar-refractivity contribution in [3.8, 4) is 0 Å². The third kappa shape index (κ3) is 6.92. The summed E-state index contributed by atoms with van der Waals surface area (Å²) in [4.78, 5) is 35.4. The Labute approximate surface area is 181 Å². The van der Waals surface area contributed by atoms with E-state index in [0.717, 1.165) is 24.0 Å². The summed E-state index contributed by atoms with van der Waals surface area (Å²) in [5.41, 5.74) is 2.93. The SMILES string of the molecule is CC(=O)NCCCc1ccc(C(=O)COC(=O)c2cnn(Cc3ccccc3)c2)cc1. The molecule has 3 rings (SSSR count). The number of aromatic nitrogens is 2. The molecule has 0 fully saturated rings. The first kappa shape index (κ1) is 22.0. The second kappa shape index (κ2) is 10.9. The highest BCUT2D eigenvalue weighted by molar-refractivity contribution is 5.99. The number of aryl methyl sites for hydroxylation is 1. The van der Waals surface area contributed by atoms with Gasteiger partial charge >= 0.3 is 5.97 Å². The number of ether oxygens (including phenoxy) is 1. The second-order valence-corrected chi connectivity index (χ2v) is 7.19. The minimum Gasteiger partial charge on any atom is -0.454 e. The maximum atomic E-state index is 12.3. The van der Waals surface area contributed by atoms with Gasteiger partial charge in [0, 0.05) is 25.2 Å². The molecule has 1 N–H and O–H groups in total. The van der Waals surface area contributed by atoms with Gasteiger partial charge in [0.25, 0.3) is 0 Å². The summed E-state index contributed by atoms with van der Waals surface area (Å²) in [6, 6.07) is 17.0. The molecule has 0 atom stereocenters. The van der Waals surface area contributed by atoms with Crippen LogP contribution < -0.4 is 5.32 Å². The number of rotatable bonds is 10. The van der Waals surface area contributed by atoms with Crippen molar-refractivity contribution in [1.29, 1.82) is 0 Å². The Morgan fingerprint density at radius 3 is 2.42 bits per heavy atom. The first-order valence-corrected chi connectivity index (χ1v) is 10.1. The van der Waals surface area contributed by atoms with Gasteiger partial charge in [-0.2, -0.15) is 5.10 Å². The van der Waals surface area contributed by atoms with Gasteiger partial charge in [-0.3, -0.25) is 14.3 Å². The molecule has 1 aromatic heterocycles. The highest BCUT2D eigenvalue weighted by atomic mass is 16.5. The summed E-state index contributed by atoms with van der Waals surface area (Å²) in [6.07, 6.45) is 4.67. The van der Waals surface area contributed by atoms with Gasteiger partial charge in [0.1, 0.15) is 0 Å². The zero-order valence-electron chi connectivity index (χ0n) is 17.4. The molecule has 0 aliphatic heterocycles. The Hall–Kier alpha value is -3.74. The number of amides is 1. The van der Waals surface area contributed by atoms with Crippen molar-refractivity contribution in [2.45, 2.75) is 26.3 Å². The second-order valence-electron chi connectivity index (χ2n) is 7.19. The van der Waals surface area contributed by atoms with E-state index >= 15 is 0 Å². The zero-order chi connectivity index (χ0) is 22.1. The molecule has 1 heterocycles. The van der Waals surface area contributed by atoms with Crippen molar-refractivity contribution in [2.24, 2.45) is 0 Å².